The summed E-state index contributed by atoms with van der Waals surface area (Å²) in [4.78, 5) is 10.5. The van der Waals surface area contributed by atoms with Crippen molar-refractivity contribution in [2.75, 3.05) is 0 Å². The minimum Gasteiger partial charge on any atom is -0.454 e. The Hall–Kier alpha value is -5.89. The molecule has 0 aromatic heterocycles. The summed E-state index contributed by atoms with van der Waals surface area (Å²) in [6, 6.07) is 41.6. The van der Waals surface area contributed by atoms with Gasteiger partial charge in [-0.1, -0.05) is 102 Å². The Morgan fingerprint density at radius 2 is 1.02 bits per heavy atom. The van der Waals surface area contributed by atoms with E-state index < -0.39 is 11.6 Å². The fraction of sp³-hybridized carbons (Fsp3) is 0.140. The number of carbonyl (C=O) groups is 1. The average Bonchev–Trinajstić information content (AvgIpc) is 4.20. The summed E-state index contributed by atoms with van der Waals surface area (Å²) < 4.78 is 66.8. The molecule has 0 atom stereocenters. The van der Waals surface area contributed by atoms with Gasteiger partial charge in [0, 0.05) is 15.6 Å². The Bertz CT molecular complexity index is 2420. The highest BCUT2D eigenvalue weighted by Crippen LogP contribution is 2.45. The van der Waals surface area contributed by atoms with Gasteiger partial charge >= 0.3 is 0 Å². The van der Waals surface area contributed by atoms with Crippen molar-refractivity contribution in [2.24, 2.45) is 11.8 Å². The predicted molar refractivity (Wildman–Crippen MR) is 230 cm³/mol. The highest BCUT2D eigenvalue weighted by Gasteiger charge is 2.30. The van der Waals surface area contributed by atoms with Crippen molar-refractivity contribution >= 4 is 46.7 Å². The first kappa shape index (κ1) is 42.7. The number of rotatable bonds is 11. The van der Waals surface area contributed by atoms with Gasteiger partial charge in [-0.2, -0.15) is 0 Å². The Morgan fingerprint density at radius 1 is 0.576 bits per heavy atom. The van der Waals surface area contributed by atoms with Crippen molar-refractivity contribution in [1.29, 1.82) is 0 Å². The van der Waals surface area contributed by atoms with E-state index >= 15 is 4.39 Å². The van der Waals surface area contributed by atoms with Crippen molar-refractivity contribution < 1.29 is 31.8 Å². The summed E-state index contributed by atoms with van der Waals surface area (Å²) >= 11 is 11.7. The molecule has 0 amide bonds. The quantitative estimate of drug-likeness (QED) is 0.0564. The molecule has 300 valence electrons. The van der Waals surface area contributed by atoms with Gasteiger partial charge < -0.3 is 9.47 Å². The number of ether oxygens (including phenoxy) is 2. The molecule has 9 heteroatoms. The molecule has 0 spiro atoms. The lowest BCUT2D eigenvalue weighted by Gasteiger charge is -2.08. The largest absolute Gasteiger partial charge is 0.454 e. The maximum atomic E-state index is 15.0. The van der Waals surface area contributed by atoms with E-state index in [1.165, 1.54) is 18.2 Å². The van der Waals surface area contributed by atoms with Crippen molar-refractivity contribution in [3.05, 3.63) is 207 Å². The van der Waals surface area contributed by atoms with E-state index in [2.05, 4.69) is 0 Å². The van der Waals surface area contributed by atoms with Crippen LogP contribution in [0.15, 0.2) is 163 Å². The molecule has 59 heavy (non-hydrogen) atoms. The maximum absolute atomic E-state index is 15.0. The molecule has 6 aromatic rings. The fourth-order valence-corrected chi connectivity index (χ4v) is 6.34. The molecular weight excluding hydrogens is 795 g/mol. The van der Waals surface area contributed by atoms with Crippen LogP contribution in [0.4, 0.5) is 17.6 Å². The second kappa shape index (κ2) is 20.7. The molecular formula is C50H40Cl2F4O3. The summed E-state index contributed by atoms with van der Waals surface area (Å²) in [7, 11) is 0. The Kier molecular flexibility index (Phi) is 15.0. The van der Waals surface area contributed by atoms with Crippen LogP contribution < -0.4 is 9.47 Å². The lowest BCUT2D eigenvalue weighted by atomic mass is 10.00. The smallest absolute Gasteiger partial charge is 0.178 e. The molecule has 2 saturated carbocycles. The monoisotopic (exact) mass is 834 g/mol. The van der Waals surface area contributed by atoms with E-state index in [0.717, 1.165) is 42.4 Å². The van der Waals surface area contributed by atoms with Crippen molar-refractivity contribution in [3.63, 3.8) is 0 Å². The third kappa shape index (κ3) is 12.8. The Morgan fingerprint density at radius 3 is 1.47 bits per heavy atom. The highest BCUT2D eigenvalue weighted by atomic mass is 35.5. The Labute approximate surface area is 351 Å². The standard InChI is InChI=1S/C25H19ClF2O.C13H11FO.C12H10ClFO/c26-20-12-10-19(11-13-20)25(18-8-9-18)23(28)15-7-17-6-14-22(27)24(16-17)29-21-4-2-1-3-5-21;1-10-7-8-12(14)13(9-10)15-11-5-3-2-4-6-11;13-10-5-3-9(4-6-10)12(8-1-2-8)11(14)7-15/h1-7,10-16,18H,8-9H2;2-9H,1H3;3-8H,1-2H2. The molecule has 0 bridgehead atoms. The van der Waals surface area contributed by atoms with Crippen LogP contribution in [0.25, 0.3) is 17.2 Å². The van der Waals surface area contributed by atoms with Gasteiger partial charge in [0.05, 0.1) is 0 Å². The van der Waals surface area contributed by atoms with Crippen LogP contribution in [0.1, 0.15) is 47.9 Å². The van der Waals surface area contributed by atoms with E-state index in [4.69, 9.17) is 32.7 Å². The van der Waals surface area contributed by atoms with Gasteiger partial charge in [0.25, 0.3) is 0 Å². The third-order valence-electron chi connectivity index (χ3n) is 9.31. The van der Waals surface area contributed by atoms with Crippen LogP contribution in [0, 0.1) is 30.4 Å². The summed E-state index contributed by atoms with van der Waals surface area (Å²) in [6.45, 7) is 1.90. The molecule has 0 radical (unpaired) electrons. The molecule has 8 rings (SSSR count). The van der Waals surface area contributed by atoms with Crippen LogP contribution >= 0.6 is 23.2 Å². The number of halogens is 6. The topological polar surface area (TPSA) is 35.5 Å². The van der Waals surface area contributed by atoms with E-state index in [0.29, 0.717) is 38.3 Å². The molecule has 0 N–H and O–H groups in total. The first-order chi connectivity index (χ1) is 28.6. The van der Waals surface area contributed by atoms with Gasteiger partial charge in [-0.25, -0.2) is 17.6 Å². The number of hydrogen-bond acceptors (Lipinski definition) is 3. The minimum absolute atomic E-state index is 0.0999. The van der Waals surface area contributed by atoms with Gasteiger partial charge in [-0.05, 0) is 151 Å². The van der Waals surface area contributed by atoms with Crippen molar-refractivity contribution in [2.45, 2.75) is 32.6 Å². The third-order valence-corrected chi connectivity index (χ3v) is 9.81. The van der Waals surface area contributed by atoms with Crippen LogP contribution in [-0.4, -0.2) is 6.29 Å². The van der Waals surface area contributed by atoms with E-state index in [-0.39, 0.29) is 41.3 Å². The van der Waals surface area contributed by atoms with Crippen molar-refractivity contribution in [3.8, 4) is 23.0 Å². The SMILES string of the molecule is Cc1ccc(F)c(Oc2ccccc2)c1.FC(C=Cc1ccc(F)c(Oc2ccccc2)c1)=C(c1ccc(Cl)cc1)C1CC1.O=CC(F)=C(c1ccc(Cl)cc1)C1CC1. The summed E-state index contributed by atoms with van der Waals surface area (Å²) in [5.41, 5.74) is 4.45. The zero-order chi connectivity index (χ0) is 41.7. The zero-order valence-electron chi connectivity index (χ0n) is 32.1. The van der Waals surface area contributed by atoms with Crippen molar-refractivity contribution in [1.82, 2.24) is 0 Å². The molecule has 2 aliphatic rings. The maximum Gasteiger partial charge on any atom is 0.178 e. The number of allylic oxidation sites excluding steroid dienone is 5. The molecule has 0 unspecified atom stereocenters. The molecule has 0 aliphatic heterocycles. The van der Waals surface area contributed by atoms with Gasteiger partial charge in [-0.3, -0.25) is 4.79 Å². The first-order valence-corrected chi connectivity index (χ1v) is 19.8. The second-order valence-corrected chi connectivity index (χ2v) is 14.9. The average molecular weight is 836 g/mol. The number of aldehydes is 1. The van der Waals surface area contributed by atoms with Crippen LogP contribution in [0.2, 0.25) is 10.0 Å². The minimum atomic E-state index is -0.653. The second-order valence-electron chi connectivity index (χ2n) is 14.0. The van der Waals surface area contributed by atoms with E-state index in [1.807, 2.05) is 55.5 Å². The van der Waals surface area contributed by atoms with Gasteiger partial charge in [0.1, 0.15) is 17.3 Å². The summed E-state index contributed by atoms with van der Waals surface area (Å²) in [6.07, 6.45) is 7.21. The molecule has 6 aromatic carbocycles. The van der Waals surface area contributed by atoms with Crippen LogP contribution in [0.3, 0.4) is 0 Å². The predicted octanol–water partition coefficient (Wildman–Crippen LogP) is 15.6. The first-order valence-electron chi connectivity index (χ1n) is 19.0. The number of para-hydroxylation sites is 2. The van der Waals surface area contributed by atoms with E-state index in [1.54, 1.807) is 91.0 Å². The van der Waals surface area contributed by atoms with E-state index in [9.17, 15) is 18.0 Å². The van der Waals surface area contributed by atoms with Gasteiger partial charge in [-0.15, -0.1) is 0 Å². The molecule has 2 fully saturated rings. The normalized spacial score (nSPS) is 14.2. The van der Waals surface area contributed by atoms with Gasteiger partial charge in [0.15, 0.2) is 35.2 Å². The molecule has 0 heterocycles. The molecule has 2 aliphatic carbocycles. The zero-order valence-corrected chi connectivity index (χ0v) is 33.6. The molecule has 3 nitrogen and oxygen atoms in total. The van der Waals surface area contributed by atoms with Gasteiger partial charge in [0.2, 0.25) is 0 Å². The highest BCUT2D eigenvalue weighted by molar-refractivity contribution is 6.30. The number of carbonyl (C=O) groups excluding carboxylic acids is 1. The molecule has 0 saturated heterocycles. The number of hydrogen-bond donors (Lipinski definition) is 0. The van der Waals surface area contributed by atoms with Crippen LogP contribution in [0.5, 0.6) is 23.0 Å². The lowest BCUT2D eigenvalue weighted by Crippen LogP contribution is -1.91. The van der Waals surface area contributed by atoms with Crippen LogP contribution in [-0.2, 0) is 4.79 Å². The Balaban J connectivity index is 0.000000164. The summed E-state index contributed by atoms with van der Waals surface area (Å²) in [5, 5.41) is 1.23. The lowest BCUT2D eigenvalue weighted by molar-refractivity contribution is -0.106. The fourth-order valence-electron chi connectivity index (χ4n) is 6.08. The number of benzene rings is 6. The number of aryl methyl sites for hydroxylation is 1. The summed E-state index contributed by atoms with van der Waals surface area (Å²) in [5.74, 6) is 0.224.